The van der Waals surface area contributed by atoms with Crippen LogP contribution in [-0.4, -0.2) is 30.1 Å². The molecule has 3 heteroatoms. The van der Waals surface area contributed by atoms with E-state index < -0.39 is 0 Å². The number of Topliss-reactive ketones (excluding diaryl/α,β-unsaturated/α-hetero) is 1. The molecule has 0 amide bonds. The minimum atomic E-state index is -0.253. The minimum Gasteiger partial charge on any atom is -0.376 e. The zero-order chi connectivity index (χ0) is 18.5. The van der Waals surface area contributed by atoms with Crippen LogP contribution in [0.3, 0.4) is 0 Å². The number of carbonyl (C=O) groups is 1. The van der Waals surface area contributed by atoms with E-state index in [4.69, 9.17) is 4.74 Å². The minimum absolute atomic E-state index is 0.144. The Labute approximate surface area is 144 Å². The van der Waals surface area contributed by atoms with Gasteiger partial charge in [-0.1, -0.05) is 34.6 Å². The van der Waals surface area contributed by atoms with Crippen LogP contribution in [0.15, 0.2) is 0 Å². The maximum atomic E-state index is 12.1. The molecule has 23 heavy (non-hydrogen) atoms. The molecule has 0 aromatic carbocycles. The van der Waals surface area contributed by atoms with E-state index in [2.05, 4.69) is 53.8 Å². The number of ketones is 1. The third kappa shape index (κ3) is 11.7. The molecule has 0 rings (SSSR count). The summed E-state index contributed by atoms with van der Waals surface area (Å²) in [5, 5.41) is 3.57. The fourth-order valence-corrected chi connectivity index (χ4v) is 2.06. The third-order valence-corrected chi connectivity index (χ3v) is 4.16. The first-order valence-electron chi connectivity index (χ1n) is 8.96. The Morgan fingerprint density at radius 3 is 1.83 bits per heavy atom. The number of carbonyl (C=O) groups excluding carboxylic acids is 1. The highest BCUT2D eigenvalue weighted by atomic mass is 16.5. The predicted octanol–water partition coefficient (Wildman–Crippen LogP) is 4.98. The smallest absolute Gasteiger partial charge is 0.138 e. The van der Waals surface area contributed by atoms with Crippen molar-refractivity contribution in [2.75, 3.05) is 13.2 Å². The molecular formula is C20H41NO2. The van der Waals surface area contributed by atoms with Crippen LogP contribution in [0.4, 0.5) is 0 Å². The Balaban J connectivity index is 4.21. The fraction of sp³-hybridized carbons (Fsp3) is 0.950. The molecule has 0 unspecified atom stereocenters. The van der Waals surface area contributed by atoms with Gasteiger partial charge in [0.2, 0.25) is 0 Å². The van der Waals surface area contributed by atoms with Crippen molar-refractivity contribution in [1.82, 2.24) is 5.32 Å². The standard InChI is InChI=1S/C20H41NO2/c1-17(2,3)16(22)11-12-20(9,10)23-14-13-19(7,8)15-21-18(4,5)6/h21H,11-15H2,1-10H3. The maximum absolute atomic E-state index is 12.1. The van der Waals surface area contributed by atoms with Crippen LogP contribution >= 0.6 is 0 Å². The van der Waals surface area contributed by atoms with Crippen LogP contribution < -0.4 is 5.32 Å². The van der Waals surface area contributed by atoms with Crippen molar-refractivity contribution in [2.24, 2.45) is 10.8 Å². The molecule has 0 aliphatic carbocycles. The molecule has 0 atom stereocenters. The van der Waals surface area contributed by atoms with E-state index >= 15 is 0 Å². The summed E-state index contributed by atoms with van der Waals surface area (Å²) in [7, 11) is 0. The zero-order valence-corrected chi connectivity index (χ0v) is 17.4. The Kier molecular flexibility index (Phi) is 7.97. The van der Waals surface area contributed by atoms with Crippen LogP contribution in [0, 0.1) is 10.8 Å². The van der Waals surface area contributed by atoms with E-state index in [1.54, 1.807) is 0 Å². The van der Waals surface area contributed by atoms with Gasteiger partial charge in [-0.2, -0.15) is 0 Å². The molecule has 3 nitrogen and oxygen atoms in total. The number of hydrogen-bond donors (Lipinski definition) is 1. The normalized spacial score (nSPS) is 14.2. The number of ether oxygens (including phenoxy) is 1. The molecule has 0 saturated carbocycles. The average Bonchev–Trinajstić information content (AvgIpc) is 2.31. The Morgan fingerprint density at radius 2 is 1.39 bits per heavy atom. The summed E-state index contributed by atoms with van der Waals surface area (Å²) in [5.41, 5.74) is -0.152. The van der Waals surface area contributed by atoms with Crippen molar-refractivity contribution >= 4 is 5.78 Å². The van der Waals surface area contributed by atoms with Crippen LogP contribution in [0.25, 0.3) is 0 Å². The van der Waals surface area contributed by atoms with Crippen molar-refractivity contribution in [3.8, 4) is 0 Å². The molecular weight excluding hydrogens is 286 g/mol. The lowest BCUT2D eigenvalue weighted by Gasteiger charge is -2.32. The lowest BCUT2D eigenvalue weighted by atomic mass is 9.86. The van der Waals surface area contributed by atoms with Gasteiger partial charge < -0.3 is 10.1 Å². The Bertz CT molecular complexity index is 370. The highest BCUT2D eigenvalue weighted by Crippen LogP contribution is 2.26. The molecule has 0 radical (unpaired) electrons. The molecule has 0 spiro atoms. The molecule has 0 heterocycles. The van der Waals surface area contributed by atoms with Crippen LogP contribution in [0.1, 0.15) is 88.5 Å². The largest absolute Gasteiger partial charge is 0.376 e. The maximum Gasteiger partial charge on any atom is 0.138 e. The molecule has 0 bridgehead atoms. The van der Waals surface area contributed by atoms with Gasteiger partial charge in [0.25, 0.3) is 0 Å². The van der Waals surface area contributed by atoms with E-state index in [0.29, 0.717) is 12.2 Å². The summed E-state index contributed by atoms with van der Waals surface area (Å²) in [6, 6.07) is 0. The van der Waals surface area contributed by atoms with Gasteiger partial charge in [0.1, 0.15) is 5.78 Å². The number of rotatable bonds is 9. The summed E-state index contributed by atoms with van der Waals surface area (Å²) < 4.78 is 6.08. The van der Waals surface area contributed by atoms with Crippen molar-refractivity contribution < 1.29 is 9.53 Å². The quantitative estimate of drug-likeness (QED) is 0.649. The molecule has 0 saturated heterocycles. The first-order chi connectivity index (χ1) is 10.0. The number of nitrogens with one attached hydrogen (secondary N) is 1. The van der Waals surface area contributed by atoms with Gasteiger partial charge >= 0.3 is 0 Å². The second-order valence-electron chi connectivity index (χ2n) is 10.3. The SMILES string of the molecule is CC(C)(CCOC(C)(C)CCC(=O)C(C)(C)C)CNC(C)(C)C. The summed E-state index contributed by atoms with van der Waals surface area (Å²) in [6.45, 7) is 22.9. The first-order valence-corrected chi connectivity index (χ1v) is 8.96. The summed E-state index contributed by atoms with van der Waals surface area (Å²) in [5.74, 6) is 0.309. The summed E-state index contributed by atoms with van der Waals surface area (Å²) >= 11 is 0. The van der Waals surface area contributed by atoms with Crippen molar-refractivity contribution in [3.05, 3.63) is 0 Å². The van der Waals surface area contributed by atoms with Gasteiger partial charge in [-0.15, -0.1) is 0 Å². The Hall–Kier alpha value is -0.410. The molecule has 0 aliphatic heterocycles. The zero-order valence-electron chi connectivity index (χ0n) is 17.4. The highest BCUT2D eigenvalue weighted by Gasteiger charge is 2.27. The van der Waals surface area contributed by atoms with Crippen molar-refractivity contribution in [2.45, 2.75) is 99.6 Å². The highest BCUT2D eigenvalue weighted by molar-refractivity contribution is 5.83. The van der Waals surface area contributed by atoms with Crippen LogP contribution in [0.5, 0.6) is 0 Å². The Morgan fingerprint density at radius 1 is 0.870 bits per heavy atom. The van der Waals surface area contributed by atoms with Gasteiger partial charge in [-0.05, 0) is 52.9 Å². The molecule has 0 aromatic rings. The predicted molar refractivity (Wildman–Crippen MR) is 99.9 cm³/mol. The van der Waals surface area contributed by atoms with Gasteiger partial charge in [0.15, 0.2) is 0 Å². The molecule has 0 aromatic heterocycles. The molecule has 1 N–H and O–H groups in total. The topological polar surface area (TPSA) is 38.3 Å². The van der Waals surface area contributed by atoms with Gasteiger partial charge in [-0.3, -0.25) is 4.79 Å². The lowest BCUT2D eigenvalue weighted by molar-refractivity contribution is -0.128. The van der Waals surface area contributed by atoms with Crippen LogP contribution in [0.2, 0.25) is 0 Å². The monoisotopic (exact) mass is 327 g/mol. The number of hydrogen-bond acceptors (Lipinski definition) is 3. The average molecular weight is 328 g/mol. The van der Waals surface area contributed by atoms with Crippen molar-refractivity contribution in [3.63, 3.8) is 0 Å². The van der Waals surface area contributed by atoms with Gasteiger partial charge in [0, 0.05) is 30.5 Å². The molecule has 138 valence electrons. The summed E-state index contributed by atoms with van der Waals surface area (Å²) in [6.07, 6.45) is 2.38. The van der Waals surface area contributed by atoms with Gasteiger partial charge in [0.05, 0.1) is 5.60 Å². The van der Waals surface area contributed by atoms with E-state index in [-0.39, 0.29) is 22.0 Å². The van der Waals surface area contributed by atoms with Crippen LogP contribution in [-0.2, 0) is 9.53 Å². The lowest BCUT2D eigenvalue weighted by Crippen LogP contribution is -2.42. The molecule has 0 fully saturated rings. The first kappa shape index (κ1) is 22.6. The van der Waals surface area contributed by atoms with Crippen molar-refractivity contribution in [1.29, 1.82) is 0 Å². The van der Waals surface area contributed by atoms with E-state index in [0.717, 1.165) is 26.0 Å². The second-order valence-corrected chi connectivity index (χ2v) is 10.3. The van der Waals surface area contributed by atoms with E-state index in [1.165, 1.54) is 0 Å². The second kappa shape index (κ2) is 8.11. The van der Waals surface area contributed by atoms with E-state index in [9.17, 15) is 4.79 Å². The summed E-state index contributed by atoms with van der Waals surface area (Å²) in [4.78, 5) is 12.1. The molecule has 0 aliphatic rings. The van der Waals surface area contributed by atoms with E-state index in [1.807, 2.05) is 20.8 Å². The van der Waals surface area contributed by atoms with Gasteiger partial charge in [-0.25, -0.2) is 0 Å². The third-order valence-electron chi connectivity index (χ3n) is 4.16. The fourth-order valence-electron chi connectivity index (χ4n) is 2.06.